The predicted molar refractivity (Wildman–Crippen MR) is 77.5 cm³/mol. The van der Waals surface area contributed by atoms with Crippen molar-refractivity contribution < 1.29 is 14.1 Å². The Kier molecular flexibility index (Phi) is 10.7. The Labute approximate surface area is 112 Å². The molecule has 0 aliphatic heterocycles. The molecule has 106 valence electrons. The zero-order chi connectivity index (χ0) is 13.8. The molecule has 18 heavy (non-hydrogen) atoms. The van der Waals surface area contributed by atoms with Crippen LogP contribution in [0, 0.1) is 0 Å². The maximum atomic E-state index is 5.38. The second kappa shape index (κ2) is 11.2. The number of nitrogens with zero attached hydrogens (tertiary/aromatic N) is 2. The molecule has 0 heterocycles. The van der Waals surface area contributed by atoms with E-state index in [1.54, 1.807) is 0 Å². The molecule has 0 saturated carbocycles. The van der Waals surface area contributed by atoms with Crippen molar-refractivity contribution in [3.05, 3.63) is 0 Å². The summed E-state index contributed by atoms with van der Waals surface area (Å²) in [5.74, 6) is 0. The summed E-state index contributed by atoms with van der Waals surface area (Å²) in [5.41, 5.74) is 1.86. The zero-order valence-electron chi connectivity index (χ0n) is 12.2. The molecule has 5 nitrogen and oxygen atoms in total. The molecule has 0 N–H and O–H groups in total. The minimum Gasteiger partial charge on any atom is -0.357 e. The van der Waals surface area contributed by atoms with Crippen LogP contribution in [-0.2, 0) is 14.1 Å². The van der Waals surface area contributed by atoms with Gasteiger partial charge in [-0.1, -0.05) is 43.5 Å². The third-order valence-electron chi connectivity index (χ3n) is 2.12. The third kappa shape index (κ3) is 9.18. The fraction of sp³-hybridized carbons (Fsp3) is 0.833. The maximum Gasteiger partial charge on any atom is 0.394 e. The normalized spacial score (nSPS) is 15.2. The first-order chi connectivity index (χ1) is 8.63. The highest BCUT2D eigenvalue weighted by atomic mass is 28.2. The molecule has 0 unspecified atom stereocenters. The van der Waals surface area contributed by atoms with Crippen molar-refractivity contribution in [3.8, 4) is 0 Å². The van der Waals surface area contributed by atoms with Crippen LogP contribution in [0.1, 0.15) is 53.4 Å². The number of hydrogen-bond donors (Lipinski definition) is 0. The largest absolute Gasteiger partial charge is 0.394 e. The van der Waals surface area contributed by atoms with Gasteiger partial charge in [0.25, 0.3) is 0 Å². The van der Waals surface area contributed by atoms with Crippen LogP contribution in [0.4, 0.5) is 0 Å². The van der Waals surface area contributed by atoms with Crippen LogP contribution in [0.25, 0.3) is 0 Å². The van der Waals surface area contributed by atoms with Gasteiger partial charge in [-0.25, -0.2) is 0 Å². The molecule has 0 bridgehead atoms. The second-order valence-corrected chi connectivity index (χ2v) is 5.02. The van der Waals surface area contributed by atoms with Crippen LogP contribution in [0.5, 0.6) is 0 Å². The first kappa shape index (κ1) is 17.1. The molecule has 0 atom stereocenters. The number of rotatable bonds is 10. The van der Waals surface area contributed by atoms with Crippen LogP contribution in [-0.4, -0.2) is 27.7 Å². The van der Waals surface area contributed by atoms with E-state index in [4.69, 9.17) is 14.1 Å². The third-order valence-corrected chi connectivity index (χ3v) is 2.72. The molecule has 0 aromatic rings. The fourth-order valence-corrected chi connectivity index (χ4v) is 1.69. The van der Waals surface area contributed by atoms with Gasteiger partial charge in [0.05, 0.1) is 11.4 Å². The summed E-state index contributed by atoms with van der Waals surface area (Å²) in [5, 5.41) is 7.95. The lowest BCUT2D eigenvalue weighted by Crippen LogP contribution is -2.19. The monoisotopic (exact) mass is 274 g/mol. The highest BCUT2D eigenvalue weighted by molar-refractivity contribution is 6.24. The van der Waals surface area contributed by atoms with Gasteiger partial charge in [0, 0.05) is 0 Å². The molecule has 0 aromatic carbocycles. The van der Waals surface area contributed by atoms with Gasteiger partial charge in [0.1, 0.15) is 0 Å². The smallest absolute Gasteiger partial charge is 0.357 e. The average Bonchev–Trinajstić information content (AvgIpc) is 2.33. The number of oxime groups is 2. The van der Waals surface area contributed by atoms with Crippen LogP contribution < -0.4 is 0 Å². The summed E-state index contributed by atoms with van der Waals surface area (Å²) >= 11 is 0. The van der Waals surface area contributed by atoms with E-state index in [0.29, 0.717) is 0 Å². The van der Waals surface area contributed by atoms with Gasteiger partial charge in [-0.15, -0.1) is 0 Å². The van der Waals surface area contributed by atoms with E-state index >= 15 is 0 Å². The molecule has 0 rings (SSSR count). The first-order valence-corrected chi connectivity index (χ1v) is 8.63. The van der Waals surface area contributed by atoms with E-state index in [0.717, 1.165) is 37.1 Å². The maximum absolute atomic E-state index is 5.38. The van der Waals surface area contributed by atoms with Crippen molar-refractivity contribution >= 4 is 21.2 Å². The lowest BCUT2D eigenvalue weighted by atomic mass is 10.2. The predicted octanol–water partition coefficient (Wildman–Crippen LogP) is 2.80. The fourth-order valence-electron chi connectivity index (χ4n) is 1.30. The molecule has 0 amide bonds. The highest BCUT2D eigenvalue weighted by Gasteiger charge is 2.09. The van der Waals surface area contributed by atoms with E-state index in [9.17, 15) is 0 Å². The summed E-state index contributed by atoms with van der Waals surface area (Å²) in [7, 11) is -0.635. The Hall–Kier alpha value is -0.883. The van der Waals surface area contributed by atoms with Crippen molar-refractivity contribution in [2.45, 2.75) is 66.4 Å². The van der Waals surface area contributed by atoms with Crippen molar-refractivity contribution in [2.75, 3.05) is 0 Å². The van der Waals surface area contributed by atoms with E-state index in [1.807, 2.05) is 20.4 Å². The summed E-state index contributed by atoms with van der Waals surface area (Å²) in [4.78, 5) is 10.4. The van der Waals surface area contributed by atoms with Crippen molar-refractivity contribution in [3.63, 3.8) is 0 Å². The summed E-state index contributed by atoms with van der Waals surface area (Å²) in [6.07, 6.45) is 3.91. The standard InChI is InChI=1S/C12H26N2O3Si/c1-6-8-10(3)13-15-12(17-18-5)16-14-11(4)9-7-2/h12H,6-9,18H2,1-5H3. The van der Waals surface area contributed by atoms with Crippen molar-refractivity contribution in [1.29, 1.82) is 0 Å². The molecular formula is C12H26N2O3Si. The molecule has 0 aliphatic rings. The molecule has 0 aliphatic carbocycles. The summed E-state index contributed by atoms with van der Waals surface area (Å²) < 4.78 is 5.38. The Bertz CT molecular complexity index is 246. The van der Waals surface area contributed by atoms with Crippen LogP contribution in [0.3, 0.4) is 0 Å². The minimum absolute atomic E-state index is 0.635. The summed E-state index contributed by atoms with van der Waals surface area (Å²) in [6, 6.07) is 0. The van der Waals surface area contributed by atoms with E-state index in [-0.39, 0.29) is 0 Å². The van der Waals surface area contributed by atoms with Crippen LogP contribution >= 0.6 is 0 Å². The van der Waals surface area contributed by atoms with Crippen molar-refractivity contribution in [2.24, 2.45) is 10.3 Å². The Balaban J connectivity index is 4.21. The van der Waals surface area contributed by atoms with Gasteiger partial charge < -0.3 is 14.1 Å². The summed E-state index contributed by atoms with van der Waals surface area (Å²) in [6.45, 7) is 9.25. The van der Waals surface area contributed by atoms with Gasteiger partial charge in [-0.2, -0.15) is 0 Å². The molecule has 6 heteroatoms. The van der Waals surface area contributed by atoms with Crippen LogP contribution in [0.2, 0.25) is 6.55 Å². The van der Waals surface area contributed by atoms with Crippen LogP contribution in [0.15, 0.2) is 10.3 Å². The van der Waals surface area contributed by atoms with Gasteiger partial charge >= 0.3 is 6.48 Å². The van der Waals surface area contributed by atoms with Gasteiger partial charge in [-0.3, -0.25) is 0 Å². The number of hydrogen-bond acceptors (Lipinski definition) is 5. The Morgan fingerprint density at radius 3 is 1.78 bits per heavy atom. The highest BCUT2D eigenvalue weighted by Crippen LogP contribution is 2.02. The molecule has 0 radical (unpaired) electrons. The minimum atomic E-state index is -0.805. The zero-order valence-corrected chi connectivity index (χ0v) is 13.6. The molecule has 0 fully saturated rings. The second-order valence-electron chi connectivity index (χ2n) is 4.11. The molecule has 0 aromatic heterocycles. The molecule has 0 saturated heterocycles. The molecule has 0 spiro atoms. The Morgan fingerprint density at radius 2 is 1.44 bits per heavy atom. The van der Waals surface area contributed by atoms with E-state index in [1.165, 1.54) is 0 Å². The lowest BCUT2D eigenvalue weighted by Gasteiger charge is -2.13. The average molecular weight is 274 g/mol. The SMILES string of the molecule is CCCC(C)=NOC(ON=C(C)CCC)O[SiH2]C. The van der Waals surface area contributed by atoms with Gasteiger partial charge in [0.15, 0.2) is 9.76 Å². The Morgan fingerprint density at radius 1 is 1.00 bits per heavy atom. The van der Waals surface area contributed by atoms with Gasteiger partial charge in [-0.05, 0) is 26.7 Å². The molecular weight excluding hydrogens is 248 g/mol. The quantitative estimate of drug-likeness (QED) is 0.266. The lowest BCUT2D eigenvalue weighted by molar-refractivity contribution is -0.248. The van der Waals surface area contributed by atoms with Gasteiger partial charge in [0.2, 0.25) is 0 Å². The topological polar surface area (TPSA) is 52.4 Å². The van der Waals surface area contributed by atoms with Crippen molar-refractivity contribution in [1.82, 2.24) is 0 Å². The first-order valence-electron chi connectivity index (χ1n) is 6.64. The van der Waals surface area contributed by atoms with E-state index in [2.05, 4.69) is 24.2 Å². The van der Waals surface area contributed by atoms with E-state index < -0.39 is 16.2 Å².